The second-order valence-corrected chi connectivity index (χ2v) is 4.85. The third-order valence-corrected chi connectivity index (χ3v) is 3.01. The summed E-state index contributed by atoms with van der Waals surface area (Å²) >= 11 is 1.52. The Bertz CT molecular complexity index is 458. The van der Waals surface area contributed by atoms with Gasteiger partial charge in [-0.2, -0.15) is 0 Å². The van der Waals surface area contributed by atoms with Gasteiger partial charge in [0.15, 0.2) is 0 Å². The fourth-order valence-electron chi connectivity index (χ4n) is 1.51. The minimum atomic E-state index is -0.240. The Morgan fingerprint density at radius 3 is 2.76 bits per heavy atom. The van der Waals surface area contributed by atoms with Gasteiger partial charge in [0.1, 0.15) is 0 Å². The van der Waals surface area contributed by atoms with Crippen molar-refractivity contribution in [1.82, 2.24) is 10.2 Å². The summed E-state index contributed by atoms with van der Waals surface area (Å²) in [5, 5.41) is 8.49. The van der Waals surface area contributed by atoms with E-state index in [4.69, 9.17) is 10.2 Å². The molecule has 0 saturated heterocycles. The van der Waals surface area contributed by atoms with Crippen LogP contribution in [0.1, 0.15) is 24.4 Å². The fraction of sp³-hybridized carbons (Fsp3) is 0.333. The van der Waals surface area contributed by atoms with Gasteiger partial charge in [-0.3, -0.25) is 0 Å². The van der Waals surface area contributed by atoms with Crippen LogP contribution in [0.4, 0.5) is 0 Å². The van der Waals surface area contributed by atoms with E-state index in [-0.39, 0.29) is 6.04 Å². The second-order valence-electron chi connectivity index (χ2n) is 3.64. The van der Waals surface area contributed by atoms with E-state index in [0.29, 0.717) is 17.5 Å². The molecule has 0 aliphatic carbocycles. The van der Waals surface area contributed by atoms with E-state index < -0.39 is 0 Å². The van der Waals surface area contributed by atoms with E-state index in [0.717, 1.165) is 5.75 Å². The summed E-state index contributed by atoms with van der Waals surface area (Å²) in [5.74, 6) is 1.42. The molecule has 0 amide bonds. The summed E-state index contributed by atoms with van der Waals surface area (Å²) in [6.07, 6.45) is 0.708. The van der Waals surface area contributed by atoms with Crippen LogP contribution >= 0.6 is 11.8 Å². The van der Waals surface area contributed by atoms with Gasteiger partial charge in [0.25, 0.3) is 5.22 Å². The first-order valence-electron chi connectivity index (χ1n) is 5.55. The Balaban J connectivity index is 2.01. The molecule has 4 nitrogen and oxygen atoms in total. The molecule has 2 rings (SSSR count). The van der Waals surface area contributed by atoms with Crippen molar-refractivity contribution >= 4 is 11.8 Å². The maximum atomic E-state index is 6.03. The SMILES string of the molecule is CCSc1nnc([C@@H](N)Cc2ccccc2)o1. The largest absolute Gasteiger partial charge is 0.414 e. The second kappa shape index (κ2) is 5.84. The average molecular weight is 249 g/mol. The molecule has 17 heavy (non-hydrogen) atoms. The van der Waals surface area contributed by atoms with Crippen molar-refractivity contribution in [3.63, 3.8) is 0 Å². The first-order valence-corrected chi connectivity index (χ1v) is 6.54. The van der Waals surface area contributed by atoms with Crippen molar-refractivity contribution in [3.8, 4) is 0 Å². The zero-order valence-corrected chi connectivity index (χ0v) is 10.5. The summed E-state index contributed by atoms with van der Waals surface area (Å²) in [6.45, 7) is 2.04. The number of hydrogen-bond donors (Lipinski definition) is 1. The molecule has 0 radical (unpaired) electrons. The predicted molar refractivity (Wildman–Crippen MR) is 67.8 cm³/mol. The smallest absolute Gasteiger partial charge is 0.276 e. The van der Waals surface area contributed by atoms with Crippen LogP contribution in [0.2, 0.25) is 0 Å². The topological polar surface area (TPSA) is 64.9 Å². The Labute approximate surface area is 105 Å². The molecule has 1 aromatic heterocycles. The Kier molecular flexibility index (Phi) is 4.17. The van der Waals surface area contributed by atoms with Crippen molar-refractivity contribution in [2.24, 2.45) is 5.73 Å². The van der Waals surface area contributed by atoms with E-state index >= 15 is 0 Å². The lowest BCUT2D eigenvalue weighted by Crippen LogP contribution is -2.13. The van der Waals surface area contributed by atoms with Gasteiger partial charge < -0.3 is 10.2 Å². The predicted octanol–water partition coefficient (Wildman–Crippen LogP) is 2.42. The molecule has 5 heteroatoms. The first kappa shape index (κ1) is 12.1. The van der Waals surface area contributed by atoms with Gasteiger partial charge in [0.2, 0.25) is 5.89 Å². The van der Waals surface area contributed by atoms with Gasteiger partial charge in [-0.1, -0.05) is 49.0 Å². The van der Waals surface area contributed by atoms with E-state index in [9.17, 15) is 0 Å². The number of rotatable bonds is 5. The van der Waals surface area contributed by atoms with E-state index in [1.807, 2.05) is 37.3 Å². The van der Waals surface area contributed by atoms with Gasteiger partial charge >= 0.3 is 0 Å². The Morgan fingerprint density at radius 2 is 2.06 bits per heavy atom. The number of nitrogens with two attached hydrogens (primary N) is 1. The van der Waals surface area contributed by atoms with Gasteiger partial charge in [0.05, 0.1) is 6.04 Å². The number of aromatic nitrogens is 2. The van der Waals surface area contributed by atoms with Crippen LogP contribution < -0.4 is 5.73 Å². The van der Waals surface area contributed by atoms with Gasteiger partial charge in [-0.15, -0.1) is 10.2 Å². The van der Waals surface area contributed by atoms with Crippen molar-refractivity contribution in [1.29, 1.82) is 0 Å². The Hall–Kier alpha value is -1.33. The molecule has 0 saturated carbocycles. The highest BCUT2D eigenvalue weighted by Gasteiger charge is 2.14. The molecule has 2 aromatic rings. The Morgan fingerprint density at radius 1 is 1.29 bits per heavy atom. The molecular weight excluding hydrogens is 234 g/mol. The molecule has 0 bridgehead atoms. The quantitative estimate of drug-likeness (QED) is 0.824. The normalized spacial score (nSPS) is 12.6. The van der Waals surface area contributed by atoms with Crippen molar-refractivity contribution in [3.05, 3.63) is 41.8 Å². The summed E-state index contributed by atoms with van der Waals surface area (Å²) in [6, 6.07) is 9.81. The molecule has 2 N–H and O–H groups in total. The molecule has 1 atom stereocenters. The standard InChI is InChI=1S/C12H15N3OS/c1-2-17-12-15-14-11(16-12)10(13)8-9-6-4-3-5-7-9/h3-7,10H,2,8,13H2,1H3/t10-/m0/s1. The molecule has 0 unspecified atom stereocenters. The number of thioether (sulfide) groups is 1. The van der Waals surface area contributed by atoms with Gasteiger partial charge in [0, 0.05) is 0 Å². The van der Waals surface area contributed by atoms with Gasteiger partial charge in [-0.05, 0) is 17.7 Å². The van der Waals surface area contributed by atoms with Crippen LogP contribution in [0, 0.1) is 0 Å². The molecule has 1 aromatic carbocycles. The number of nitrogens with zero attached hydrogens (tertiary/aromatic N) is 2. The highest BCUT2D eigenvalue weighted by molar-refractivity contribution is 7.99. The summed E-state index contributed by atoms with van der Waals surface area (Å²) in [4.78, 5) is 0. The minimum Gasteiger partial charge on any atom is -0.414 e. The lowest BCUT2D eigenvalue weighted by Gasteiger charge is -2.06. The minimum absolute atomic E-state index is 0.240. The van der Waals surface area contributed by atoms with Gasteiger partial charge in [-0.25, -0.2) is 0 Å². The van der Waals surface area contributed by atoms with E-state index in [1.165, 1.54) is 17.3 Å². The van der Waals surface area contributed by atoms with Crippen molar-refractivity contribution in [2.45, 2.75) is 24.6 Å². The van der Waals surface area contributed by atoms with Crippen LogP contribution in [0.25, 0.3) is 0 Å². The third kappa shape index (κ3) is 3.31. The third-order valence-electron chi connectivity index (χ3n) is 2.31. The van der Waals surface area contributed by atoms with E-state index in [2.05, 4.69) is 10.2 Å². The van der Waals surface area contributed by atoms with E-state index in [1.54, 1.807) is 0 Å². The maximum Gasteiger partial charge on any atom is 0.276 e. The monoisotopic (exact) mass is 249 g/mol. The molecule has 90 valence electrons. The highest BCUT2D eigenvalue weighted by atomic mass is 32.2. The molecule has 0 spiro atoms. The highest BCUT2D eigenvalue weighted by Crippen LogP contribution is 2.20. The van der Waals surface area contributed by atoms with Crippen LogP contribution in [-0.2, 0) is 6.42 Å². The summed E-state index contributed by atoms with van der Waals surface area (Å²) in [5.41, 5.74) is 7.20. The summed E-state index contributed by atoms with van der Waals surface area (Å²) in [7, 11) is 0. The van der Waals surface area contributed by atoms with Crippen molar-refractivity contribution < 1.29 is 4.42 Å². The molecule has 0 fully saturated rings. The van der Waals surface area contributed by atoms with Crippen LogP contribution in [-0.4, -0.2) is 16.0 Å². The van der Waals surface area contributed by atoms with Crippen molar-refractivity contribution in [2.75, 3.05) is 5.75 Å². The molecular formula is C12H15N3OS. The molecule has 1 heterocycles. The lowest BCUT2D eigenvalue weighted by atomic mass is 10.1. The maximum absolute atomic E-state index is 6.03. The average Bonchev–Trinajstić information content (AvgIpc) is 2.79. The van der Waals surface area contributed by atoms with Crippen LogP contribution in [0.15, 0.2) is 40.0 Å². The zero-order chi connectivity index (χ0) is 12.1. The lowest BCUT2D eigenvalue weighted by molar-refractivity contribution is 0.385. The number of benzene rings is 1. The summed E-state index contributed by atoms with van der Waals surface area (Å²) < 4.78 is 5.47. The van der Waals surface area contributed by atoms with Crippen LogP contribution in [0.3, 0.4) is 0 Å². The zero-order valence-electron chi connectivity index (χ0n) is 9.67. The molecule has 0 aliphatic rings. The molecule has 0 aliphatic heterocycles. The first-order chi connectivity index (χ1) is 8.29. The fourth-order valence-corrected chi connectivity index (χ4v) is 2.00. The number of hydrogen-bond acceptors (Lipinski definition) is 5. The van der Waals surface area contributed by atoms with Crippen LogP contribution in [0.5, 0.6) is 0 Å².